The molecular formula is C20H30N2O4S2. The summed E-state index contributed by atoms with van der Waals surface area (Å²) in [4.78, 5) is 27.6. The van der Waals surface area contributed by atoms with Crippen molar-refractivity contribution in [1.29, 1.82) is 0 Å². The lowest BCUT2D eigenvalue weighted by atomic mass is 9.90. The molecule has 2 N–H and O–H groups in total. The van der Waals surface area contributed by atoms with Gasteiger partial charge >= 0.3 is 11.9 Å². The number of aliphatic carboxylic acids is 2. The average molecular weight is 427 g/mol. The summed E-state index contributed by atoms with van der Waals surface area (Å²) < 4.78 is 0.367. The molecule has 0 radical (unpaired) electrons. The van der Waals surface area contributed by atoms with E-state index in [0.29, 0.717) is 23.2 Å². The van der Waals surface area contributed by atoms with Gasteiger partial charge in [0.05, 0.1) is 9.61 Å². The predicted octanol–water partition coefficient (Wildman–Crippen LogP) is 3.54. The van der Waals surface area contributed by atoms with E-state index in [1.54, 1.807) is 0 Å². The van der Waals surface area contributed by atoms with Crippen LogP contribution in [-0.4, -0.2) is 67.9 Å². The summed E-state index contributed by atoms with van der Waals surface area (Å²) in [6.07, 6.45) is 3.73. The lowest BCUT2D eigenvalue weighted by Crippen LogP contribution is -2.70. The maximum Gasteiger partial charge on any atom is 0.344 e. The zero-order chi connectivity index (χ0) is 21.2. The third-order valence-corrected chi connectivity index (χ3v) is 8.98. The summed E-state index contributed by atoms with van der Waals surface area (Å²) in [5.41, 5.74) is -0.539. The van der Waals surface area contributed by atoms with Crippen LogP contribution in [0.1, 0.15) is 27.7 Å². The van der Waals surface area contributed by atoms with Crippen LogP contribution in [0, 0.1) is 11.8 Å². The van der Waals surface area contributed by atoms with Crippen LogP contribution >= 0.6 is 23.5 Å². The largest absolute Gasteiger partial charge is 0.477 e. The second kappa shape index (κ2) is 9.07. The molecule has 0 bridgehead atoms. The maximum atomic E-state index is 11.7. The molecule has 0 aromatic carbocycles. The number of nitrogens with zero attached hydrogens (tertiary/aromatic N) is 2. The molecule has 8 heteroatoms. The fourth-order valence-electron chi connectivity index (χ4n) is 4.07. The van der Waals surface area contributed by atoms with Gasteiger partial charge in [-0.1, -0.05) is 63.4 Å². The highest BCUT2D eigenvalue weighted by atomic mass is 32.2. The van der Waals surface area contributed by atoms with Gasteiger partial charge in [0.15, 0.2) is 5.57 Å². The zero-order valence-corrected chi connectivity index (χ0v) is 18.6. The van der Waals surface area contributed by atoms with Gasteiger partial charge in [-0.15, -0.1) is 13.2 Å². The monoisotopic (exact) mass is 426 g/mol. The molecule has 0 amide bonds. The Balaban J connectivity index is 2.70. The highest BCUT2D eigenvalue weighted by Crippen LogP contribution is 2.62. The summed E-state index contributed by atoms with van der Waals surface area (Å²) in [5.74, 6) is -2.26. The first-order valence-electron chi connectivity index (χ1n) is 9.40. The third kappa shape index (κ3) is 3.92. The quantitative estimate of drug-likeness (QED) is 0.264. The maximum absolute atomic E-state index is 11.7. The first kappa shape index (κ1) is 23.1. The topological polar surface area (TPSA) is 81.1 Å². The lowest BCUT2D eigenvalue weighted by molar-refractivity contribution is -0.140. The van der Waals surface area contributed by atoms with E-state index in [0.717, 1.165) is 6.54 Å². The van der Waals surface area contributed by atoms with Gasteiger partial charge in [0.25, 0.3) is 0 Å². The molecule has 0 aliphatic carbocycles. The Morgan fingerprint density at radius 1 is 1.18 bits per heavy atom. The van der Waals surface area contributed by atoms with Crippen molar-refractivity contribution < 1.29 is 19.8 Å². The van der Waals surface area contributed by atoms with Crippen molar-refractivity contribution >= 4 is 35.5 Å². The standard InChI is InChI=1S/C20H30N2O4S2/c1-7-9-21-11-14(12(3)4)22(10-8-2)20(13(5)6)19(21)27-18(28-20)15(16(23)24)17(25)26/h7-8,12-14,19H,1-2,9-11H2,3-6H3,(H,23,24)(H,25,26). The number of carboxylic acid groups (broad SMARTS) is 2. The molecule has 28 heavy (non-hydrogen) atoms. The Morgan fingerprint density at radius 3 is 2.18 bits per heavy atom. The van der Waals surface area contributed by atoms with Crippen LogP contribution in [0.5, 0.6) is 0 Å². The number of piperazine rings is 1. The van der Waals surface area contributed by atoms with Gasteiger partial charge in [-0.3, -0.25) is 9.80 Å². The lowest BCUT2D eigenvalue weighted by Gasteiger charge is -2.58. The minimum absolute atomic E-state index is 0.0749. The molecule has 156 valence electrons. The van der Waals surface area contributed by atoms with E-state index < -0.39 is 22.4 Å². The molecule has 0 aromatic rings. The molecule has 2 saturated heterocycles. The van der Waals surface area contributed by atoms with Gasteiger partial charge in [-0.2, -0.15) is 0 Å². The molecule has 2 aliphatic heterocycles. The van der Waals surface area contributed by atoms with E-state index in [9.17, 15) is 19.8 Å². The van der Waals surface area contributed by atoms with E-state index >= 15 is 0 Å². The van der Waals surface area contributed by atoms with Gasteiger partial charge in [-0.05, 0) is 11.8 Å². The Bertz CT molecular complexity index is 676. The highest BCUT2D eigenvalue weighted by Gasteiger charge is 2.60. The van der Waals surface area contributed by atoms with Crippen LogP contribution in [0.4, 0.5) is 0 Å². The summed E-state index contributed by atoms with van der Waals surface area (Å²) >= 11 is 2.76. The molecule has 3 atom stereocenters. The molecule has 6 nitrogen and oxygen atoms in total. The zero-order valence-electron chi connectivity index (χ0n) is 16.9. The van der Waals surface area contributed by atoms with Crippen molar-refractivity contribution in [2.75, 3.05) is 19.6 Å². The number of carboxylic acids is 2. The minimum atomic E-state index is -1.40. The molecule has 2 rings (SSSR count). The number of rotatable bonds is 8. The Kier molecular flexibility index (Phi) is 7.47. The summed E-state index contributed by atoms with van der Waals surface area (Å²) in [7, 11) is 0. The second-order valence-electron chi connectivity index (χ2n) is 7.75. The van der Waals surface area contributed by atoms with Crippen molar-refractivity contribution in [3.8, 4) is 0 Å². The Labute approximate surface area is 175 Å². The van der Waals surface area contributed by atoms with E-state index in [1.165, 1.54) is 23.5 Å². The van der Waals surface area contributed by atoms with E-state index in [2.05, 4.69) is 50.7 Å². The Morgan fingerprint density at radius 2 is 1.75 bits per heavy atom. The number of fused-ring (bicyclic) bond motifs is 1. The van der Waals surface area contributed by atoms with Crippen molar-refractivity contribution in [2.24, 2.45) is 11.8 Å². The second-order valence-corrected chi connectivity index (χ2v) is 10.4. The summed E-state index contributed by atoms with van der Waals surface area (Å²) in [6, 6.07) is 0.238. The van der Waals surface area contributed by atoms with Crippen molar-refractivity contribution in [3.63, 3.8) is 0 Å². The van der Waals surface area contributed by atoms with Gasteiger partial charge < -0.3 is 10.2 Å². The molecule has 3 unspecified atom stereocenters. The number of thioether (sulfide) groups is 2. The van der Waals surface area contributed by atoms with Crippen molar-refractivity contribution in [2.45, 2.75) is 44.0 Å². The first-order chi connectivity index (χ1) is 13.1. The van der Waals surface area contributed by atoms with E-state index in [-0.39, 0.29) is 17.3 Å². The van der Waals surface area contributed by atoms with Crippen LogP contribution in [0.15, 0.2) is 35.1 Å². The minimum Gasteiger partial charge on any atom is -0.477 e. The fourth-order valence-corrected chi connectivity index (χ4v) is 8.01. The van der Waals surface area contributed by atoms with Crippen LogP contribution < -0.4 is 0 Å². The fraction of sp³-hybridized carbons (Fsp3) is 0.600. The normalized spacial score (nSPS) is 28.4. The number of hydrogen-bond acceptors (Lipinski definition) is 6. The van der Waals surface area contributed by atoms with Gasteiger partial charge in [-0.25, -0.2) is 9.59 Å². The molecule has 2 fully saturated rings. The smallest absolute Gasteiger partial charge is 0.344 e. The van der Waals surface area contributed by atoms with Crippen LogP contribution in [-0.2, 0) is 9.59 Å². The highest BCUT2D eigenvalue weighted by molar-refractivity contribution is 8.26. The third-order valence-electron chi connectivity index (χ3n) is 5.35. The van der Waals surface area contributed by atoms with Crippen LogP contribution in [0.25, 0.3) is 0 Å². The van der Waals surface area contributed by atoms with Crippen molar-refractivity contribution in [1.82, 2.24) is 9.80 Å². The SMILES string of the molecule is C=CCN1CC(C(C)C)N(CC=C)C2(C(C)C)SC(=C(C(=O)O)C(=O)O)SC12. The number of carbonyl (C=O) groups is 2. The van der Waals surface area contributed by atoms with Crippen molar-refractivity contribution in [3.05, 3.63) is 35.1 Å². The van der Waals surface area contributed by atoms with Gasteiger partial charge in [0.2, 0.25) is 0 Å². The molecule has 0 saturated carbocycles. The molecule has 0 spiro atoms. The number of hydrogen-bond donors (Lipinski definition) is 2. The summed E-state index contributed by atoms with van der Waals surface area (Å²) in [6.45, 7) is 18.6. The average Bonchev–Trinajstić information content (AvgIpc) is 2.97. The van der Waals surface area contributed by atoms with Gasteiger partial charge in [0.1, 0.15) is 4.87 Å². The van der Waals surface area contributed by atoms with E-state index in [4.69, 9.17) is 0 Å². The van der Waals surface area contributed by atoms with Gasteiger partial charge in [0, 0.05) is 25.7 Å². The van der Waals surface area contributed by atoms with E-state index in [1.807, 2.05) is 12.2 Å². The van der Waals surface area contributed by atoms with Crippen LogP contribution in [0.2, 0.25) is 0 Å². The van der Waals surface area contributed by atoms with Crippen LogP contribution in [0.3, 0.4) is 0 Å². The molecule has 0 aromatic heterocycles. The predicted molar refractivity (Wildman–Crippen MR) is 116 cm³/mol. The summed E-state index contributed by atoms with van der Waals surface area (Å²) in [5, 5.41) is 19.0. The molecule has 2 aliphatic rings. The first-order valence-corrected chi connectivity index (χ1v) is 11.1. The molecular weight excluding hydrogens is 396 g/mol. The molecule has 2 heterocycles. The Hall–Kier alpha value is -1.22.